The molecule has 0 saturated carbocycles. The summed E-state index contributed by atoms with van der Waals surface area (Å²) in [4.78, 5) is 11.5. The lowest BCUT2D eigenvalue weighted by molar-refractivity contribution is -0.121. The number of hydrogen-bond acceptors (Lipinski definition) is 2. The van der Waals surface area contributed by atoms with Gasteiger partial charge in [0.2, 0.25) is 5.91 Å². The van der Waals surface area contributed by atoms with Gasteiger partial charge in [-0.25, -0.2) is 4.39 Å². The van der Waals surface area contributed by atoms with Gasteiger partial charge in [-0.05, 0) is 38.5 Å². The molecular formula is C14H21FN2O. The molecule has 18 heavy (non-hydrogen) atoms. The average molecular weight is 252 g/mol. The molecule has 2 N–H and O–H groups in total. The maximum Gasteiger partial charge on any atom is 0.221 e. The molecular weight excluding hydrogens is 231 g/mol. The van der Waals surface area contributed by atoms with Crippen LogP contribution in [-0.4, -0.2) is 18.0 Å². The number of rotatable bonds is 5. The van der Waals surface area contributed by atoms with E-state index >= 15 is 0 Å². The van der Waals surface area contributed by atoms with E-state index < -0.39 is 0 Å². The highest BCUT2D eigenvalue weighted by atomic mass is 19.1. The van der Waals surface area contributed by atoms with Gasteiger partial charge in [0.15, 0.2) is 0 Å². The molecule has 0 spiro atoms. The van der Waals surface area contributed by atoms with Crippen LogP contribution in [0.3, 0.4) is 0 Å². The van der Waals surface area contributed by atoms with Crippen molar-refractivity contribution < 1.29 is 9.18 Å². The zero-order valence-electron chi connectivity index (χ0n) is 11.2. The van der Waals surface area contributed by atoms with E-state index in [2.05, 4.69) is 31.4 Å². The fourth-order valence-corrected chi connectivity index (χ4v) is 1.44. The Morgan fingerprint density at radius 3 is 2.39 bits per heavy atom. The summed E-state index contributed by atoms with van der Waals surface area (Å²) in [6, 6.07) is 6.12. The van der Waals surface area contributed by atoms with E-state index in [1.165, 1.54) is 12.1 Å². The van der Waals surface area contributed by atoms with Crippen LogP contribution in [0.1, 0.15) is 32.8 Å². The van der Waals surface area contributed by atoms with Crippen molar-refractivity contribution in [3.63, 3.8) is 0 Å². The van der Waals surface area contributed by atoms with Crippen molar-refractivity contribution >= 4 is 5.91 Å². The summed E-state index contributed by atoms with van der Waals surface area (Å²) < 4.78 is 12.7. The van der Waals surface area contributed by atoms with Gasteiger partial charge in [-0.3, -0.25) is 4.79 Å². The van der Waals surface area contributed by atoms with E-state index in [0.29, 0.717) is 19.5 Å². The number of halogens is 1. The predicted molar refractivity (Wildman–Crippen MR) is 70.6 cm³/mol. The zero-order valence-corrected chi connectivity index (χ0v) is 11.2. The monoisotopic (exact) mass is 252 g/mol. The van der Waals surface area contributed by atoms with Gasteiger partial charge in [0.25, 0.3) is 0 Å². The van der Waals surface area contributed by atoms with Crippen LogP contribution in [-0.2, 0) is 11.3 Å². The van der Waals surface area contributed by atoms with Crippen LogP contribution in [0, 0.1) is 5.82 Å². The molecule has 0 heterocycles. The molecule has 3 nitrogen and oxygen atoms in total. The Morgan fingerprint density at radius 1 is 1.22 bits per heavy atom. The first-order valence-electron chi connectivity index (χ1n) is 6.13. The number of hydrogen-bond donors (Lipinski definition) is 2. The van der Waals surface area contributed by atoms with Gasteiger partial charge < -0.3 is 10.6 Å². The Labute approximate surface area is 108 Å². The molecule has 0 saturated heterocycles. The fraction of sp³-hybridized carbons (Fsp3) is 0.500. The third kappa shape index (κ3) is 6.35. The van der Waals surface area contributed by atoms with Crippen LogP contribution in [0.4, 0.5) is 4.39 Å². The van der Waals surface area contributed by atoms with Crippen molar-refractivity contribution in [2.45, 2.75) is 39.3 Å². The molecule has 0 aliphatic rings. The third-order valence-corrected chi connectivity index (χ3v) is 2.41. The van der Waals surface area contributed by atoms with Crippen LogP contribution in [0.15, 0.2) is 24.3 Å². The Bertz CT molecular complexity index is 382. The van der Waals surface area contributed by atoms with Crippen molar-refractivity contribution in [1.82, 2.24) is 10.6 Å². The van der Waals surface area contributed by atoms with Gasteiger partial charge in [-0.1, -0.05) is 12.1 Å². The minimum Gasteiger partial charge on any atom is -0.352 e. The second-order valence-electron chi connectivity index (χ2n) is 5.33. The molecule has 0 fully saturated rings. The molecule has 0 radical (unpaired) electrons. The summed E-state index contributed by atoms with van der Waals surface area (Å²) in [5, 5.41) is 6.05. The van der Waals surface area contributed by atoms with Gasteiger partial charge in [0.05, 0.1) is 0 Å². The first-order chi connectivity index (χ1) is 8.37. The summed E-state index contributed by atoms with van der Waals surface area (Å²) in [6.45, 7) is 7.27. The van der Waals surface area contributed by atoms with Crippen LogP contribution >= 0.6 is 0 Å². The highest BCUT2D eigenvalue weighted by Gasteiger charge is 2.09. The number of carbonyl (C=O) groups excluding carboxylic acids is 1. The molecule has 1 rings (SSSR count). The SMILES string of the molecule is CC(C)(C)NCCC(=O)NCc1ccc(F)cc1. The van der Waals surface area contributed by atoms with E-state index in [4.69, 9.17) is 0 Å². The Balaban J connectivity index is 2.23. The molecule has 1 aromatic rings. The van der Waals surface area contributed by atoms with Crippen molar-refractivity contribution in [3.05, 3.63) is 35.6 Å². The average Bonchev–Trinajstić information content (AvgIpc) is 2.26. The standard InChI is InChI=1S/C14H21FN2O/c1-14(2,3)17-9-8-13(18)16-10-11-4-6-12(15)7-5-11/h4-7,17H,8-10H2,1-3H3,(H,16,18). The number of nitrogens with one attached hydrogen (secondary N) is 2. The molecule has 0 aromatic heterocycles. The van der Waals surface area contributed by atoms with Crippen LogP contribution in [0.2, 0.25) is 0 Å². The summed E-state index contributed by atoms with van der Waals surface area (Å²) in [7, 11) is 0. The predicted octanol–water partition coefficient (Wildman–Crippen LogP) is 2.22. The second kappa shape index (κ2) is 6.50. The number of carbonyl (C=O) groups is 1. The lowest BCUT2D eigenvalue weighted by Crippen LogP contribution is -2.38. The summed E-state index contributed by atoms with van der Waals surface area (Å²) >= 11 is 0. The summed E-state index contributed by atoms with van der Waals surface area (Å²) in [6.07, 6.45) is 0.443. The molecule has 0 atom stereocenters. The molecule has 0 aliphatic heterocycles. The first kappa shape index (κ1) is 14.6. The normalized spacial score (nSPS) is 11.3. The van der Waals surface area contributed by atoms with Crippen molar-refractivity contribution in [2.24, 2.45) is 0 Å². The minimum atomic E-state index is -0.264. The largest absolute Gasteiger partial charge is 0.352 e. The van der Waals surface area contributed by atoms with Gasteiger partial charge in [0.1, 0.15) is 5.82 Å². The van der Waals surface area contributed by atoms with Gasteiger partial charge in [-0.2, -0.15) is 0 Å². The summed E-state index contributed by atoms with van der Waals surface area (Å²) in [5.41, 5.74) is 0.922. The van der Waals surface area contributed by atoms with Gasteiger partial charge >= 0.3 is 0 Å². The Kier molecular flexibility index (Phi) is 5.28. The number of amides is 1. The topological polar surface area (TPSA) is 41.1 Å². The molecule has 1 amide bonds. The van der Waals surface area contributed by atoms with Crippen molar-refractivity contribution in [3.8, 4) is 0 Å². The molecule has 0 unspecified atom stereocenters. The van der Waals surface area contributed by atoms with Crippen LogP contribution in [0.5, 0.6) is 0 Å². The number of benzene rings is 1. The second-order valence-corrected chi connectivity index (χ2v) is 5.33. The van der Waals surface area contributed by atoms with E-state index in [9.17, 15) is 9.18 Å². The van der Waals surface area contributed by atoms with Crippen LogP contribution in [0.25, 0.3) is 0 Å². The van der Waals surface area contributed by atoms with E-state index in [1.54, 1.807) is 12.1 Å². The van der Waals surface area contributed by atoms with E-state index in [1.807, 2.05) is 0 Å². The lowest BCUT2D eigenvalue weighted by atomic mass is 10.1. The molecule has 0 aliphatic carbocycles. The van der Waals surface area contributed by atoms with Gasteiger partial charge in [0, 0.05) is 25.0 Å². The quantitative estimate of drug-likeness (QED) is 0.843. The highest BCUT2D eigenvalue weighted by molar-refractivity contribution is 5.76. The van der Waals surface area contributed by atoms with Gasteiger partial charge in [-0.15, -0.1) is 0 Å². The third-order valence-electron chi connectivity index (χ3n) is 2.41. The Morgan fingerprint density at radius 2 is 1.83 bits per heavy atom. The maximum absolute atomic E-state index is 12.7. The van der Waals surface area contributed by atoms with E-state index in [-0.39, 0.29) is 17.3 Å². The van der Waals surface area contributed by atoms with Crippen molar-refractivity contribution in [2.75, 3.05) is 6.54 Å². The molecule has 100 valence electrons. The lowest BCUT2D eigenvalue weighted by Gasteiger charge is -2.20. The van der Waals surface area contributed by atoms with Crippen LogP contribution < -0.4 is 10.6 Å². The Hall–Kier alpha value is -1.42. The zero-order chi connectivity index (χ0) is 13.6. The molecule has 0 bridgehead atoms. The molecule has 1 aromatic carbocycles. The maximum atomic E-state index is 12.7. The first-order valence-corrected chi connectivity index (χ1v) is 6.13. The minimum absolute atomic E-state index is 0.00363. The smallest absolute Gasteiger partial charge is 0.221 e. The fourth-order valence-electron chi connectivity index (χ4n) is 1.44. The summed E-state index contributed by atoms with van der Waals surface area (Å²) in [5.74, 6) is -0.268. The molecule has 4 heteroatoms. The van der Waals surface area contributed by atoms with Crippen molar-refractivity contribution in [1.29, 1.82) is 0 Å². The highest BCUT2D eigenvalue weighted by Crippen LogP contribution is 2.02. The van der Waals surface area contributed by atoms with E-state index in [0.717, 1.165) is 5.56 Å².